The molecule has 0 saturated heterocycles. The number of hydrogen-bond acceptors (Lipinski definition) is 8. The lowest BCUT2D eigenvalue weighted by Crippen LogP contribution is -2.50. The molecule has 27 heavy (non-hydrogen) atoms. The molecule has 1 heterocycles. The van der Waals surface area contributed by atoms with Crippen LogP contribution in [0.1, 0.15) is 26.3 Å². The van der Waals surface area contributed by atoms with Crippen LogP contribution >= 0.6 is 0 Å². The molecule has 0 radical (unpaired) electrons. The minimum absolute atomic E-state index is 0.0122. The summed E-state index contributed by atoms with van der Waals surface area (Å²) in [6, 6.07) is 4.91. The van der Waals surface area contributed by atoms with Gasteiger partial charge >= 0.3 is 5.97 Å². The molecule has 1 aromatic rings. The lowest BCUT2D eigenvalue weighted by atomic mass is 10.0. The lowest BCUT2D eigenvalue weighted by molar-refractivity contribution is -0.146. The number of esters is 1. The Morgan fingerprint density at radius 3 is 2.56 bits per heavy atom. The largest absolute Gasteiger partial charge is 0.507 e. The van der Waals surface area contributed by atoms with Gasteiger partial charge in [0.2, 0.25) is 0 Å². The van der Waals surface area contributed by atoms with Gasteiger partial charge in [0.1, 0.15) is 23.9 Å². The molecule has 1 aliphatic heterocycles. The van der Waals surface area contributed by atoms with E-state index in [4.69, 9.17) is 18.9 Å². The molecule has 2 N–H and O–H groups in total. The predicted molar refractivity (Wildman–Crippen MR) is 103 cm³/mol. The van der Waals surface area contributed by atoms with Gasteiger partial charge in [0.05, 0.1) is 39.0 Å². The van der Waals surface area contributed by atoms with Crippen LogP contribution in [0.2, 0.25) is 0 Å². The van der Waals surface area contributed by atoms with Crippen molar-refractivity contribution in [3.63, 3.8) is 0 Å². The first-order valence-electron chi connectivity index (χ1n) is 8.94. The van der Waals surface area contributed by atoms with Crippen LogP contribution in [0.5, 0.6) is 11.5 Å². The Hall–Kier alpha value is -2.32. The van der Waals surface area contributed by atoms with E-state index in [0.29, 0.717) is 43.6 Å². The Kier molecular flexibility index (Phi) is 9.60. The first-order chi connectivity index (χ1) is 13.0. The van der Waals surface area contributed by atoms with Gasteiger partial charge < -0.3 is 29.4 Å². The highest BCUT2D eigenvalue weighted by Crippen LogP contribution is 2.26. The van der Waals surface area contributed by atoms with E-state index < -0.39 is 11.5 Å². The standard InChI is InChI=1S/C17H24N2O6.C2H6/c1-17(16(21)23-3)11-18-15(19-17)13-5-4-12(10-14(13)20)25-9-8-24-7-6-22-2;1-2/h4-5,10,20H,6-9,11H2,1-3H3,(H,18,19);1-2H3. The molecule has 0 aliphatic carbocycles. The summed E-state index contributed by atoms with van der Waals surface area (Å²) in [6.45, 7) is 7.78. The molecule has 0 fully saturated rings. The number of carbonyl (C=O) groups is 1. The molecule has 0 amide bonds. The molecule has 0 spiro atoms. The normalized spacial score (nSPS) is 18.0. The van der Waals surface area contributed by atoms with E-state index in [1.165, 1.54) is 13.2 Å². The second-order valence-electron chi connectivity index (χ2n) is 5.75. The van der Waals surface area contributed by atoms with Crippen molar-refractivity contribution < 1.29 is 28.8 Å². The minimum atomic E-state index is -0.925. The van der Waals surface area contributed by atoms with Gasteiger partial charge in [-0.15, -0.1) is 0 Å². The Morgan fingerprint density at radius 1 is 1.22 bits per heavy atom. The summed E-state index contributed by atoms with van der Waals surface area (Å²) >= 11 is 0. The first kappa shape index (κ1) is 22.7. The van der Waals surface area contributed by atoms with Crippen LogP contribution in [-0.2, 0) is 19.0 Å². The zero-order valence-electron chi connectivity index (χ0n) is 16.7. The van der Waals surface area contributed by atoms with Crippen molar-refractivity contribution in [2.45, 2.75) is 26.3 Å². The summed E-state index contributed by atoms with van der Waals surface area (Å²) in [4.78, 5) is 16.1. The highest BCUT2D eigenvalue weighted by Gasteiger charge is 2.39. The lowest BCUT2D eigenvalue weighted by Gasteiger charge is -2.21. The molecule has 8 heteroatoms. The number of nitrogens with one attached hydrogen (secondary N) is 1. The van der Waals surface area contributed by atoms with Gasteiger partial charge in [0.15, 0.2) is 5.54 Å². The average molecular weight is 382 g/mol. The van der Waals surface area contributed by atoms with Crippen LogP contribution in [0.15, 0.2) is 23.2 Å². The molecule has 8 nitrogen and oxygen atoms in total. The van der Waals surface area contributed by atoms with E-state index in [0.717, 1.165) is 0 Å². The molecule has 0 bridgehead atoms. The smallest absolute Gasteiger partial charge is 0.333 e. The van der Waals surface area contributed by atoms with Gasteiger partial charge in [0, 0.05) is 13.2 Å². The number of aliphatic imine (C=N–C) groups is 1. The monoisotopic (exact) mass is 382 g/mol. The average Bonchev–Trinajstić information content (AvgIpc) is 3.08. The fourth-order valence-electron chi connectivity index (χ4n) is 2.34. The van der Waals surface area contributed by atoms with Crippen molar-refractivity contribution in [3.05, 3.63) is 23.8 Å². The van der Waals surface area contributed by atoms with Crippen LogP contribution in [0.3, 0.4) is 0 Å². The van der Waals surface area contributed by atoms with Crippen LogP contribution in [0.25, 0.3) is 0 Å². The topological polar surface area (TPSA) is 98.6 Å². The predicted octanol–water partition coefficient (Wildman–Crippen LogP) is 1.74. The van der Waals surface area contributed by atoms with Crippen molar-refractivity contribution in [1.82, 2.24) is 5.32 Å². The SMILES string of the molecule is CC.COCCOCCOc1ccc(C2=NCC(C)(C(=O)OC)N2)c(O)c1. The molecular formula is C19H30N2O6. The number of nitrogens with zero attached hydrogens (tertiary/aromatic N) is 1. The van der Waals surface area contributed by atoms with E-state index >= 15 is 0 Å². The Bertz CT molecular complexity index is 635. The number of methoxy groups -OCH3 is 2. The van der Waals surface area contributed by atoms with E-state index in [1.54, 1.807) is 26.2 Å². The van der Waals surface area contributed by atoms with Gasteiger partial charge in [-0.05, 0) is 19.1 Å². The van der Waals surface area contributed by atoms with Gasteiger partial charge in [-0.3, -0.25) is 4.99 Å². The third-order valence-corrected chi connectivity index (χ3v) is 3.74. The van der Waals surface area contributed by atoms with Crippen LogP contribution in [0, 0.1) is 0 Å². The maximum Gasteiger partial charge on any atom is 0.333 e. The van der Waals surface area contributed by atoms with Crippen LogP contribution in [0.4, 0.5) is 0 Å². The summed E-state index contributed by atoms with van der Waals surface area (Å²) in [6.07, 6.45) is 0. The highest BCUT2D eigenvalue weighted by molar-refractivity contribution is 6.05. The number of phenols is 1. The summed E-state index contributed by atoms with van der Waals surface area (Å²) in [5, 5.41) is 13.2. The minimum Gasteiger partial charge on any atom is -0.507 e. The molecule has 1 aliphatic rings. The molecule has 2 rings (SSSR count). The summed E-state index contributed by atoms with van der Waals surface area (Å²) in [7, 11) is 2.94. The van der Waals surface area contributed by atoms with E-state index in [1.807, 2.05) is 13.8 Å². The van der Waals surface area contributed by atoms with E-state index in [9.17, 15) is 9.90 Å². The zero-order chi connectivity index (χ0) is 20.3. The second kappa shape index (κ2) is 11.4. The number of phenolic OH excluding ortho intramolecular Hbond substituents is 1. The van der Waals surface area contributed by atoms with Gasteiger partial charge in [0.25, 0.3) is 0 Å². The summed E-state index contributed by atoms with van der Waals surface area (Å²) in [5.74, 6) is 0.572. The molecular weight excluding hydrogens is 352 g/mol. The molecule has 1 aromatic carbocycles. The third kappa shape index (κ3) is 6.41. The van der Waals surface area contributed by atoms with Gasteiger partial charge in [-0.1, -0.05) is 13.8 Å². The van der Waals surface area contributed by atoms with Crippen molar-refractivity contribution >= 4 is 11.8 Å². The maximum absolute atomic E-state index is 11.8. The zero-order valence-corrected chi connectivity index (χ0v) is 16.7. The molecule has 152 valence electrons. The Balaban J connectivity index is 0.00000176. The van der Waals surface area contributed by atoms with Crippen molar-refractivity contribution in [1.29, 1.82) is 0 Å². The number of carbonyl (C=O) groups excluding carboxylic acids is 1. The van der Waals surface area contributed by atoms with E-state index in [2.05, 4.69) is 10.3 Å². The summed E-state index contributed by atoms with van der Waals surface area (Å²) < 4.78 is 20.5. The second-order valence-corrected chi connectivity index (χ2v) is 5.75. The van der Waals surface area contributed by atoms with Crippen LogP contribution in [-0.4, -0.2) is 69.6 Å². The van der Waals surface area contributed by atoms with Gasteiger partial charge in [-0.2, -0.15) is 0 Å². The quantitative estimate of drug-likeness (QED) is 0.496. The number of ether oxygens (including phenoxy) is 4. The van der Waals surface area contributed by atoms with Crippen molar-refractivity contribution in [2.24, 2.45) is 4.99 Å². The summed E-state index contributed by atoms with van der Waals surface area (Å²) in [5.41, 5.74) is -0.429. The number of aromatic hydroxyl groups is 1. The fraction of sp³-hybridized carbons (Fsp3) is 0.579. The molecule has 0 saturated carbocycles. The van der Waals surface area contributed by atoms with Crippen molar-refractivity contribution in [3.8, 4) is 11.5 Å². The highest BCUT2D eigenvalue weighted by atomic mass is 16.5. The number of amidine groups is 1. The third-order valence-electron chi connectivity index (χ3n) is 3.74. The fourth-order valence-corrected chi connectivity index (χ4v) is 2.34. The number of benzene rings is 1. The Labute approximate surface area is 160 Å². The first-order valence-corrected chi connectivity index (χ1v) is 8.94. The van der Waals surface area contributed by atoms with Crippen LogP contribution < -0.4 is 10.1 Å². The van der Waals surface area contributed by atoms with Gasteiger partial charge in [-0.25, -0.2) is 4.79 Å². The molecule has 0 aromatic heterocycles. The molecule has 1 atom stereocenters. The molecule has 1 unspecified atom stereocenters. The number of rotatable bonds is 9. The van der Waals surface area contributed by atoms with E-state index in [-0.39, 0.29) is 12.3 Å². The Morgan fingerprint density at radius 2 is 1.93 bits per heavy atom. The maximum atomic E-state index is 11.8. The van der Waals surface area contributed by atoms with Crippen molar-refractivity contribution in [2.75, 3.05) is 47.2 Å². The number of hydrogen-bond donors (Lipinski definition) is 2.